The number of aromatic nitrogens is 3. The topological polar surface area (TPSA) is 87.7 Å². The third kappa shape index (κ3) is 2.10. The van der Waals surface area contributed by atoms with Crippen LogP contribution >= 0.6 is 0 Å². The molecule has 1 aliphatic carbocycles. The Morgan fingerprint density at radius 1 is 1.50 bits per heavy atom. The lowest BCUT2D eigenvalue weighted by molar-refractivity contribution is -0.0469. The molecule has 1 saturated carbocycles. The van der Waals surface area contributed by atoms with Crippen molar-refractivity contribution in [2.24, 2.45) is 0 Å². The second-order valence-electron chi connectivity index (χ2n) is 4.97. The molecule has 0 atom stereocenters. The van der Waals surface area contributed by atoms with Gasteiger partial charge in [0, 0.05) is 12.8 Å². The molecule has 6 nitrogen and oxygen atoms in total. The summed E-state index contributed by atoms with van der Waals surface area (Å²) in [5.74, 6) is 1.01. The Balaban J connectivity index is 1.91. The second-order valence-corrected chi connectivity index (χ2v) is 4.97. The first-order valence-corrected chi connectivity index (χ1v) is 6.84. The predicted octanol–water partition coefficient (Wildman–Crippen LogP) is 2.74. The summed E-state index contributed by atoms with van der Waals surface area (Å²) in [6.07, 6.45) is 5.70. The van der Waals surface area contributed by atoms with E-state index in [-0.39, 0.29) is 0 Å². The van der Waals surface area contributed by atoms with Crippen LogP contribution in [0.3, 0.4) is 0 Å². The number of hydrogen-bond acceptors (Lipinski definition) is 5. The summed E-state index contributed by atoms with van der Waals surface area (Å²) in [6, 6.07) is 3.75. The van der Waals surface area contributed by atoms with Gasteiger partial charge in [-0.2, -0.15) is 10.2 Å². The first-order valence-electron chi connectivity index (χ1n) is 6.84. The number of rotatable bonds is 4. The van der Waals surface area contributed by atoms with Gasteiger partial charge in [0.15, 0.2) is 0 Å². The summed E-state index contributed by atoms with van der Waals surface area (Å²) in [7, 11) is 0. The molecule has 0 bridgehead atoms. The molecule has 0 unspecified atom stereocenters. The molecule has 0 spiro atoms. The number of nitriles is 1. The monoisotopic (exact) mass is 272 g/mol. The van der Waals surface area contributed by atoms with Crippen LogP contribution in [-0.4, -0.2) is 21.7 Å². The van der Waals surface area contributed by atoms with Gasteiger partial charge in [0.05, 0.1) is 5.56 Å². The zero-order valence-electron chi connectivity index (χ0n) is 11.3. The Bertz CT molecular complexity index is 632. The zero-order chi connectivity index (χ0) is 14.0. The van der Waals surface area contributed by atoms with Crippen LogP contribution in [0.5, 0.6) is 0 Å². The third-order valence-corrected chi connectivity index (χ3v) is 3.71. The van der Waals surface area contributed by atoms with E-state index >= 15 is 0 Å². The molecule has 2 aromatic rings. The summed E-state index contributed by atoms with van der Waals surface area (Å²) in [6.45, 7) is 2.61. The van der Waals surface area contributed by atoms with Gasteiger partial charge in [-0.05, 0) is 38.7 Å². The van der Waals surface area contributed by atoms with Crippen molar-refractivity contribution in [1.29, 1.82) is 5.26 Å². The van der Waals surface area contributed by atoms with E-state index in [9.17, 15) is 0 Å². The normalized spacial score (nSPS) is 17.2. The Kier molecular flexibility index (Phi) is 3.28. The Morgan fingerprint density at radius 3 is 2.95 bits per heavy atom. The number of aromatic amines is 1. The van der Waals surface area contributed by atoms with Gasteiger partial charge in [-0.15, -0.1) is 0 Å². The van der Waals surface area contributed by atoms with Crippen molar-refractivity contribution >= 4 is 0 Å². The maximum Gasteiger partial charge on any atom is 0.274 e. The lowest BCUT2D eigenvalue weighted by Gasteiger charge is -2.24. The maximum atomic E-state index is 8.83. The molecule has 3 rings (SSSR count). The number of ether oxygens (including phenoxy) is 1. The van der Waals surface area contributed by atoms with Gasteiger partial charge in [0.1, 0.15) is 17.4 Å². The molecule has 0 aromatic carbocycles. The van der Waals surface area contributed by atoms with Crippen molar-refractivity contribution in [2.45, 2.75) is 38.2 Å². The number of nitrogens with one attached hydrogen (secondary N) is 1. The minimum atomic E-state index is -0.402. The highest BCUT2D eigenvalue weighted by molar-refractivity contribution is 5.51. The maximum absolute atomic E-state index is 8.83. The first-order chi connectivity index (χ1) is 9.77. The van der Waals surface area contributed by atoms with Gasteiger partial charge in [-0.25, -0.2) is 0 Å². The van der Waals surface area contributed by atoms with Crippen LogP contribution in [0.4, 0.5) is 0 Å². The van der Waals surface area contributed by atoms with Crippen molar-refractivity contribution < 1.29 is 9.26 Å². The van der Waals surface area contributed by atoms with E-state index in [1.165, 1.54) is 0 Å². The summed E-state index contributed by atoms with van der Waals surface area (Å²) in [5, 5.41) is 12.9. The van der Waals surface area contributed by atoms with Crippen molar-refractivity contribution in [3.05, 3.63) is 23.7 Å². The molecule has 2 aromatic heterocycles. The first kappa shape index (κ1) is 12.9. The Labute approximate surface area is 116 Å². The largest absolute Gasteiger partial charge is 0.367 e. The van der Waals surface area contributed by atoms with Crippen LogP contribution in [0.15, 0.2) is 16.8 Å². The van der Waals surface area contributed by atoms with Gasteiger partial charge in [0.2, 0.25) is 5.82 Å². The molecule has 1 aliphatic rings. The standard InChI is InChI=1S/C14H16N4O2/c1-2-19-14(5-3-4-6-14)13-17-12(20-18-13)11-7-10(8-15)9-16-11/h7,9,16H,2-6H2,1H3. The van der Waals surface area contributed by atoms with Crippen LogP contribution in [-0.2, 0) is 10.3 Å². The van der Waals surface area contributed by atoms with Crippen LogP contribution in [0, 0.1) is 11.3 Å². The Hall–Kier alpha value is -2.13. The van der Waals surface area contributed by atoms with Crippen molar-refractivity contribution in [3.63, 3.8) is 0 Å². The smallest absolute Gasteiger partial charge is 0.274 e. The van der Waals surface area contributed by atoms with Gasteiger partial charge >= 0.3 is 0 Å². The van der Waals surface area contributed by atoms with E-state index < -0.39 is 5.60 Å². The number of H-pyrrole nitrogens is 1. The lowest BCUT2D eigenvalue weighted by atomic mass is 10.0. The molecule has 6 heteroatoms. The average Bonchev–Trinajstić information content (AvgIpc) is 3.19. The van der Waals surface area contributed by atoms with Gasteiger partial charge in [-0.1, -0.05) is 5.16 Å². The molecular formula is C14H16N4O2. The summed E-state index contributed by atoms with van der Waals surface area (Å²) >= 11 is 0. The predicted molar refractivity (Wildman–Crippen MR) is 70.6 cm³/mol. The minimum absolute atomic E-state index is 0.396. The quantitative estimate of drug-likeness (QED) is 0.924. The van der Waals surface area contributed by atoms with E-state index in [1.807, 2.05) is 6.92 Å². The molecule has 0 amide bonds. The van der Waals surface area contributed by atoms with Gasteiger partial charge < -0.3 is 14.2 Å². The lowest BCUT2D eigenvalue weighted by Crippen LogP contribution is -2.27. The highest BCUT2D eigenvalue weighted by atomic mass is 16.5. The SMILES string of the molecule is CCOC1(c2noc(-c3cc(C#N)c[nH]3)n2)CCCC1. The highest BCUT2D eigenvalue weighted by Gasteiger charge is 2.41. The van der Waals surface area contributed by atoms with Gasteiger partial charge in [-0.3, -0.25) is 0 Å². The third-order valence-electron chi connectivity index (χ3n) is 3.71. The van der Waals surface area contributed by atoms with Crippen molar-refractivity contribution in [2.75, 3.05) is 6.61 Å². The van der Waals surface area contributed by atoms with E-state index in [2.05, 4.69) is 21.2 Å². The van der Waals surface area contributed by atoms with Gasteiger partial charge in [0.25, 0.3) is 5.89 Å². The van der Waals surface area contributed by atoms with Crippen LogP contribution in [0.1, 0.15) is 44.0 Å². The average molecular weight is 272 g/mol. The summed E-state index contributed by atoms with van der Waals surface area (Å²) < 4.78 is 11.2. The number of hydrogen-bond donors (Lipinski definition) is 1. The highest BCUT2D eigenvalue weighted by Crippen LogP contribution is 2.41. The molecule has 1 N–H and O–H groups in total. The molecule has 1 fully saturated rings. The molecule has 0 radical (unpaired) electrons. The molecular weight excluding hydrogens is 256 g/mol. The van der Waals surface area contributed by atoms with E-state index in [0.29, 0.717) is 29.6 Å². The second kappa shape index (κ2) is 5.10. The fourth-order valence-electron chi connectivity index (χ4n) is 2.76. The fourth-order valence-corrected chi connectivity index (χ4v) is 2.76. The van der Waals surface area contributed by atoms with E-state index in [0.717, 1.165) is 25.7 Å². The molecule has 104 valence electrons. The van der Waals surface area contributed by atoms with Crippen LogP contribution in [0.2, 0.25) is 0 Å². The molecule has 2 heterocycles. The minimum Gasteiger partial charge on any atom is -0.367 e. The molecule has 0 saturated heterocycles. The molecule has 0 aliphatic heterocycles. The Morgan fingerprint density at radius 2 is 2.30 bits per heavy atom. The van der Waals surface area contributed by atoms with Crippen LogP contribution < -0.4 is 0 Å². The van der Waals surface area contributed by atoms with E-state index in [4.69, 9.17) is 14.5 Å². The fraction of sp³-hybridized carbons (Fsp3) is 0.500. The zero-order valence-corrected chi connectivity index (χ0v) is 11.3. The summed E-state index contributed by atoms with van der Waals surface area (Å²) in [5.41, 5.74) is 0.798. The van der Waals surface area contributed by atoms with Crippen molar-refractivity contribution in [1.82, 2.24) is 15.1 Å². The van der Waals surface area contributed by atoms with E-state index in [1.54, 1.807) is 12.3 Å². The van der Waals surface area contributed by atoms with Crippen molar-refractivity contribution in [3.8, 4) is 17.7 Å². The molecule has 20 heavy (non-hydrogen) atoms. The number of nitrogens with zero attached hydrogens (tertiary/aromatic N) is 3. The van der Waals surface area contributed by atoms with Crippen LogP contribution in [0.25, 0.3) is 11.6 Å². The summed E-state index contributed by atoms with van der Waals surface area (Å²) in [4.78, 5) is 7.42.